The van der Waals surface area contributed by atoms with Crippen molar-refractivity contribution in [3.63, 3.8) is 0 Å². The topological polar surface area (TPSA) is 107 Å². The molecule has 0 bridgehead atoms. The van der Waals surface area contributed by atoms with Gasteiger partial charge in [0.1, 0.15) is 0 Å². The van der Waals surface area contributed by atoms with Crippen molar-refractivity contribution >= 4 is 17.3 Å². The Kier molecular flexibility index (Phi) is 4.39. The molecule has 1 heterocycles. The third-order valence-electron chi connectivity index (χ3n) is 2.48. The van der Waals surface area contributed by atoms with E-state index >= 15 is 0 Å². The number of carbonyl (C=O) groups is 1. The number of hydrogen-bond acceptors (Lipinski definition) is 6. The molecule has 0 saturated carbocycles. The number of non-ortho nitro benzene ring substituents is 1. The maximum atomic E-state index is 11.9. The van der Waals surface area contributed by atoms with Gasteiger partial charge in [0.05, 0.1) is 11.5 Å². The normalized spacial score (nSPS) is 9.95. The maximum absolute atomic E-state index is 11.9. The molecule has 8 heteroatoms. The molecule has 0 atom stereocenters. The summed E-state index contributed by atoms with van der Waals surface area (Å²) in [6.45, 7) is 2.26. The minimum Gasteiger partial charge on any atom is -0.477 e. The third-order valence-corrected chi connectivity index (χ3v) is 2.48. The van der Waals surface area contributed by atoms with Crippen LogP contribution in [0.5, 0.6) is 5.88 Å². The Bertz CT molecular complexity index is 657. The Morgan fingerprint density at radius 3 is 2.76 bits per heavy atom. The van der Waals surface area contributed by atoms with Crippen LogP contribution in [0.1, 0.15) is 17.4 Å². The summed E-state index contributed by atoms with van der Waals surface area (Å²) in [5.41, 5.74) is 0.292. The molecular formula is C13H12N4O4. The monoisotopic (exact) mass is 288 g/mol. The summed E-state index contributed by atoms with van der Waals surface area (Å²) < 4.78 is 5.12. The standard InChI is InChI=1S/C13H12N4O4/c1-2-21-12-7-6-11(15-16-12)13(18)14-9-4-3-5-10(8-9)17(19)20/h3-8H,2H2,1H3,(H,14,18). The van der Waals surface area contributed by atoms with E-state index in [1.54, 1.807) is 6.07 Å². The predicted octanol–water partition coefficient (Wildman–Crippen LogP) is 2.04. The molecule has 0 radical (unpaired) electrons. The van der Waals surface area contributed by atoms with E-state index in [0.29, 0.717) is 18.2 Å². The Morgan fingerprint density at radius 2 is 2.14 bits per heavy atom. The Balaban J connectivity index is 2.10. The molecule has 0 saturated heterocycles. The largest absolute Gasteiger partial charge is 0.477 e. The van der Waals surface area contributed by atoms with Crippen LogP contribution in [0.25, 0.3) is 0 Å². The van der Waals surface area contributed by atoms with Crippen molar-refractivity contribution in [3.8, 4) is 5.88 Å². The third kappa shape index (κ3) is 3.72. The van der Waals surface area contributed by atoms with E-state index in [1.807, 2.05) is 6.92 Å². The van der Waals surface area contributed by atoms with Gasteiger partial charge in [-0.1, -0.05) is 6.07 Å². The molecule has 0 aliphatic carbocycles. The summed E-state index contributed by atoms with van der Waals surface area (Å²) in [6.07, 6.45) is 0. The van der Waals surface area contributed by atoms with E-state index in [1.165, 1.54) is 30.3 Å². The zero-order valence-corrected chi connectivity index (χ0v) is 11.1. The molecule has 2 rings (SSSR count). The van der Waals surface area contributed by atoms with Crippen molar-refractivity contribution in [2.75, 3.05) is 11.9 Å². The molecule has 1 amide bonds. The number of nitro groups is 1. The van der Waals surface area contributed by atoms with Gasteiger partial charge in [-0.2, -0.15) is 0 Å². The first kappa shape index (κ1) is 14.4. The first-order chi connectivity index (χ1) is 10.1. The quantitative estimate of drug-likeness (QED) is 0.666. The second kappa shape index (κ2) is 6.42. The van der Waals surface area contributed by atoms with Gasteiger partial charge in [0.15, 0.2) is 5.69 Å². The number of hydrogen-bond donors (Lipinski definition) is 1. The van der Waals surface area contributed by atoms with Crippen molar-refractivity contribution in [2.45, 2.75) is 6.92 Å². The van der Waals surface area contributed by atoms with Crippen molar-refractivity contribution in [3.05, 3.63) is 52.2 Å². The van der Waals surface area contributed by atoms with E-state index in [9.17, 15) is 14.9 Å². The van der Waals surface area contributed by atoms with Gasteiger partial charge in [0, 0.05) is 23.9 Å². The van der Waals surface area contributed by atoms with Gasteiger partial charge >= 0.3 is 0 Å². The van der Waals surface area contributed by atoms with Gasteiger partial charge in [-0.15, -0.1) is 10.2 Å². The lowest BCUT2D eigenvalue weighted by Crippen LogP contribution is -2.14. The van der Waals surface area contributed by atoms with Crippen LogP contribution in [0, 0.1) is 10.1 Å². The maximum Gasteiger partial charge on any atom is 0.276 e. The van der Waals surface area contributed by atoms with Gasteiger partial charge in [0.2, 0.25) is 5.88 Å². The molecule has 2 aromatic rings. The van der Waals surface area contributed by atoms with Gasteiger partial charge in [0.25, 0.3) is 11.6 Å². The van der Waals surface area contributed by atoms with Crippen molar-refractivity contribution in [2.24, 2.45) is 0 Å². The summed E-state index contributed by atoms with van der Waals surface area (Å²) in [7, 11) is 0. The number of benzene rings is 1. The van der Waals surface area contributed by atoms with Gasteiger partial charge in [-0.25, -0.2) is 0 Å². The van der Waals surface area contributed by atoms with Crippen LogP contribution in [0.2, 0.25) is 0 Å². The number of ether oxygens (including phenoxy) is 1. The van der Waals surface area contributed by atoms with E-state index in [4.69, 9.17) is 4.74 Å². The highest BCUT2D eigenvalue weighted by molar-refractivity contribution is 6.02. The SMILES string of the molecule is CCOc1ccc(C(=O)Nc2cccc([N+](=O)[O-])c2)nn1. The second-order valence-corrected chi connectivity index (χ2v) is 3.95. The highest BCUT2D eigenvalue weighted by Crippen LogP contribution is 2.17. The van der Waals surface area contributed by atoms with Gasteiger partial charge in [-0.05, 0) is 19.1 Å². The van der Waals surface area contributed by atoms with Crippen LogP contribution in [0.15, 0.2) is 36.4 Å². The second-order valence-electron chi connectivity index (χ2n) is 3.95. The van der Waals surface area contributed by atoms with Crippen LogP contribution < -0.4 is 10.1 Å². The molecule has 21 heavy (non-hydrogen) atoms. The van der Waals surface area contributed by atoms with Gasteiger partial charge < -0.3 is 10.1 Å². The summed E-state index contributed by atoms with van der Waals surface area (Å²) in [6, 6.07) is 8.63. The number of rotatable bonds is 5. The summed E-state index contributed by atoms with van der Waals surface area (Å²) in [5.74, 6) is -0.185. The first-order valence-corrected chi connectivity index (χ1v) is 6.12. The summed E-state index contributed by atoms with van der Waals surface area (Å²) in [4.78, 5) is 22.1. The number of nitrogens with one attached hydrogen (secondary N) is 1. The molecular weight excluding hydrogens is 276 g/mol. The number of aromatic nitrogens is 2. The Morgan fingerprint density at radius 1 is 1.33 bits per heavy atom. The Hall–Kier alpha value is -3.03. The number of carbonyl (C=O) groups excluding carboxylic acids is 1. The molecule has 108 valence electrons. The lowest BCUT2D eigenvalue weighted by Gasteiger charge is -2.05. The minimum atomic E-state index is -0.535. The number of nitrogens with zero attached hydrogens (tertiary/aromatic N) is 3. The van der Waals surface area contributed by atoms with Crippen molar-refractivity contribution < 1.29 is 14.5 Å². The summed E-state index contributed by atoms with van der Waals surface area (Å²) >= 11 is 0. The molecule has 8 nitrogen and oxygen atoms in total. The molecule has 0 aliphatic heterocycles. The predicted molar refractivity (Wildman–Crippen MR) is 74.3 cm³/mol. The average molecular weight is 288 g/mol. The zero-order chi connectivity index (χ0) is 15.2. The fourth-order valence-electron chi connectivity index (χ4n) is 1.56. The molecule has 1 aromatic carbocycles. The lowest BCUT2D eigenvalue weighted by atomic mass is 10.2. The number of nitro benzene ring substituents is 1. The van der Waals surface area contributed by atoms with Crippen molar-refractivity contribution in [1.29, 1.82) is 0 Å². The van der Waals surface area contributed by atoms with E-state index in [-0.39, 0.29) is 11.4 Å². The average Bonchev–Trinajstić information content (AvgIpc) is 2.48. The molecule has 0 unspecified atom stereocenters. The first-order valence-electron chi connectivity index (χ1n) is 6.12. The minimum absolute atomic E-state index is 0.0879. The smallest absolute Gasteiger partial charge is 0.276 e. The van der Waals surface area contributed by atoms with Crippen LogP contribution in [-0.4, -0.2) is 27.6 Å². The molecule has 0 fully saturated rings. The van der Waals surface area contributed by atoms with E-state index in [2.05, 4.69) is 15.5 Å². The molecule has 1 N–H and O–H groups in total. The van der Waals surface area contributed by atoms with Crippen molar-refractivity contribution in [1.82, 2.24) is 10.2 Å². The fourth-order valence-corrected chi connectivity index (χ4v) is 1.56. The van der Waals surface area contributed by atoms with Crippen LogP contribution in [0.4, 0.5) is 11.4 Å². The number of amides is 1. The zero-order valence-electron chi connectivity index (χ0n) is 11.1. The fraction of sp³-hybridized carbons (Fsp3) is 0.154. The molecule has 1 aromatic heterocycles. The van der Waals surface area contributed by atoms with Crippen LogP contribution in [-0.2, 0) is 0 Å². The van der Waals surface area contributed by atoms with E-state index in [0.717, 1.165) is 0 Å². The summed E-state index contributed by atoms with van der Waals surface area (Å²) in [5, 5.41) is 20.6. The van der Waals surface area contributed by atoms with Crippen LogP contribution >= 0.6 is 0 Å². The lowest BCUT2D eigenvalue weighted by molar-refractivity contribution is -0.384. The highest BCUT2D eigenvalue weighted by Gasteiger charge is 2.11. The highest BCUT2D eigenvalue weighted by atomic mass is 16.6. The van der Waals surface area contributed by atoms with Crippen LogP contribution in [0.3, 0.4) is 0 Å². The number of anilines is 1. The van der Waals surface area contributed by atoms with E-state index < -0.39 is 10.8 Å². The molecule has 0 spiro atoms. The molecule has 0 aliphatic rings. The Labute approximate surface area is 119 Å². The van der Waals surface area contributed by atoms with Gasteiger partial charge in [-0.3, -0.25) is 14.9 Å².